The van der Waals surface area contributed by atoms with E-state index >= 15 is 0 Å². The molecule has 1 aromatic carbocycles. The molecule has 2 atom stereocenters. The molecule has 0 fully saturated rings. The minimum atomic E-state index is -3.84. The third kappa shape index (κ3) is 5.10. The van der Waals surface area contributed by atoms with Crippen LogP contribution in [0.25, 0.3) is 0 Å². The molecule has 21 heavy (non-hydrogen) atoms. The van der Waals surface area contributed by atoms with Gasteiger partial charge >= 0.3 is 0 Å². The van der Waals surface area contributed by atoms with Crippen LogP contribution in [0.3, 0.4) is 0 Å². The van der Waals surface area contributed by atoms with Crippen LogP contribution in [0.15, 0.2) is 29.2 Å². The summed E-state index contributed by atoms with van der Waals surface area (Å²) in [6, 6.07) is 4.00. The Morgan fingerprint density at radius 3 is 2.19 bits per heavy atom. The van der Waals surface area contributed by atoms with Crippen LogP contribution in [0.1, 0.15) is 11.7 Å². The highest BCUT2D eigenvalue weighted by atomic mass is 35.5. The van der Waals surface area contributed by atoms with Gasteiger partial charge in [-0.3, -0.25) is 4.79 Å². The number of rotatable bonds is 6. The normalized spacial score (nSPS) is 14.8. The number of hydrogen-bond acceptors (Lipinski definition) is 5. The second-order valence-corrected chi connectivity index (χ2v) is 6.81. The molecule has 0 aliphatic heterocycles. The highest BCUT2D eigenvalue weighted by Gasteiger charge is 2.24. The number of primary sulfonamides is 1. The first-order valence-corrected chi connectivity index (χ1v) is 8.09. The van der Waals surface area contributed by atoms with E-state index in [0.29, 0.717) is 0 Å². The van der Waals surface area contributed by atoms with Gasteiger partial charge in [0.15, 0.2) is 4.84 Å². The molecular weight excluding hydrogens is 343 g/mol. The molecule has 0 aromatic heterocycles. The van der Waals surface area contributed by atoms with Crippen LogP contribution in [-0.4, -0.2) is 42.0 Å². The Bertz CT molecular complexity index is 591. The van der Waals surface area contributed by atoms with Crippen molar-refractivity contribution in [3.63, 3.8) is 0 Å². The van der Waals surface area contributed by atoms with Crippen molar-refractivity contribution >= 4 is 39.1 Å². The van der Waals surface area contributed by atoms with Crippen molar-refractivity contribution in [2.75, 3.05) is 6.61 Å². The van der Waals surface area contributed by atoms with Crippen molar-refractivity contribution in [2.45, 2.75) is 21.9 Å². The zero-order chi connectivity index (χ0) is 16.2. The smallest absolute Gasteiger partial charge is 0.253 e. The lowest BCUT2D eigenvalue weighted by molar-refractivity contribution is -0.121. The molecule has 0 radical (unpaired) electrons. The summed E-state index contributed by atoms with van der Waals surface area (Å²) in [4.78, 5) is 9.88. The predicted octanol–water partition coefficient (Wildman–Crippen LogP) is -0.352. The first-order valence-electron chi connectivity index (χ1n) is 5.67. The van der Waals surface area contributed by atoms with Gasteiger partial charge in [-0.25, -0.2) is 13.6 Å². The fourth-order valence-electron chi connectivity index (χ4n) is 1.56. The summed E-state index contributed by atoms with van der Waals surface area (Å²) in [5, 5.41) is 26.5. The van der Waals surface area contributed by atoms with Crippen LogP contribution >= 0.6 is 23.2 Å². The number of amides is 1. The number of hydrogen-bond donors (Lipinski definition) is 4. The number of alkyl halides is 2. The molecule has 0 saturated heterocycles. The van der Waals surface area contributed by atoms with E-state index in [4.69, 9.17) is 28.3 Å². The first-order chi connectivity index (χ1) is 9.66. The molecule has 5 N–H and O–H groups in total. The number of aliphatic hydroxyl groups is 2. The molecule has 0 aliphatic rings. The number of benzene rings is 1. The van der Waals surface area contributed by atoms with Crippen LogP contribution in [0.2, 0.25) is 0 Å². The lowest BCUT2D eigenvalue weighted by Crippen LogP contribution is -2.44. The molecule has 1 rings (SSSR count). The van der Waals surface area contributed by atoms with Gasteiger partial charge in [-0.2, -0.15) is 0 Å². The average Bonchev–Trinajstić information content (AvgIpc) is 2.42. The van der Waals surface area contributed by atoms with Gasteiger partial charge in [0, 0.05) is 0 Å². The Kier molecular flexibility index (Phi) is 6.39. The lowest BCUT2D eigenvalue weighted by atomic mass is 10.0. The molecule has 118 valence electrons. The maximum atomic E-state index is 11.3. The van der Waals surface area contributed by atoms with E-state index in [2.05, 4.69) is 5.32 Å². The Morgan fingerprint density at radius 2 is 1.81 bits per heavy atom. The third-order valence-corrected chi connectivity index (χ3v) is 3.98. The highest BCUT2D eigenvalue weighted by molar-refractivity contribution is 7.89. The van der Waals surface area contributed by atoms with Crippen molar-refractivity contribution in [3.8, 4) is 0 Å². The minimum Gasteiger partial charge on any atom is -0.394 e. The zero-order valence-corrected chi connectivity index (χ0v) is 12.9. The molecule has 1 aromatic rings. The van der Waals surface area contributed by atoms with Gasteiger partial charge in [-0.1, -0.05) is 35.3 Å². The van der Waals surface area contributed by atoms with Crippen LogP contribution in [-0.2, 0) is 14.8 Å². The topological polar surface area (TPSA) is 130 Å². The van der Waals surface area contributed by atoms with Gasteiger partial charge in [-0.15, -0.1) is 0 Å². The average molecular weight is 357 g/mol. The molecular formula is C11H14Cl2N2O5S. The van der Waals surface area contributed by atoms with Gasteiger partial charge < -0.3 is 15.5 Å². The predicted molar refractivity (Wildman–Crippen MR) is 77.3 cm³/mol. The summed E-state index contributed by atoms with van der Waals surface area (Å²) < 4.78 is 22.2. The zero-order valence-electron chi connectivity index (χ0n) is 10.6. The SMILES string of the molecule is NS(=O)(=O)c1ccc([C@@H](O)[C@@H](CO)NC(=O)C(Cl)Cl)cc1. The number of carbonyl (C=O) groups excluding carboxylic acids is 1. The van der Waals surface area contributed by atoms with Crippen LogP contribution in [0, 0.1) is 0 Å². The largest absolute Gasteiger partial charge is 0.394 e. The van der Waals surface area contributed by atoms with E-state index in [-0.39, 0.29) is 10.5 Å². The molecule has 7 nitrogen and oxygen atoms in total. The van der Waals surface area contributed by atoms with E-state index in [0.717, 1.165) is 0 Å². The Morgan fingerprint density at radius 1 is 1.29 bits per heavy atom. The summed E-state index contributed by atoms with van der Waals surface area (Å²) in [7, 11) is -3.84. The van der Waals surface area contributed by atoms with Crippen molar-refractivity contribution in [1.29, 1.82) is 0 Å². The quantitative estimate of drug-likeness (QED) is 0.517. The Balaban J connectivity index is 2.90. The maximum Gasteiger partial charge on any atom is 0.253 e. The standard InChI is InChI=1S/C11H14Cl2N2O5S/c12-10(13)11(18)15-8(5-16)9(17)6-1-3-7(4-2-6)21(14,19)20/h1-4,8-10,16-17H,5H2,(H,15,18)(H2,14,19,20)/t8-,9-/m1/s1. The molecule has 0 heterocycles. The fourth-order valence-corrected chi connectivity index (χ4v) is 2.20. The van der Waals surface area contributed by atoms with Crippen LogP contribution < -0.4 is 10.5 Å². The van der Waals surface area contributed by atoms with Gasteiger partial charge in [0.2, 0.25) is 10.0 Å². The van der Waals surface area contributed by atoms with Crippen molar-refractivity contribution in [3.05, 3.63) is 29.8 Å². The van der Waals surface area contributed by atoms with Crippen molar-refractivity contribution in [1.82, 2.24) is 5.32 Å². The van der Waals surface area contributed by atoms with E-state index < -0.39 is 39.5 Å². The minimum absolute atomic E-state index is 0.121. The number of carbonyl (C=O) groups is 1. The number of sulfonamides is 1. The fraction of sp³-hybridized carbons (Fsp3) is 0.364. The van der Waals surface area contributed by atoms with Gasteiger partial charge in [-0.05, 0) is 17.7 Å². The summed E-state index contributed by atoms with van der Waals surface area (Å²) in [5.41, 5.74) is 0.280. The molecule has 0 spiro atoms. The molecule has 0 aliphatic carbocycles. The highest BCUT2D eigenvalue weighted by Crippen LogP contribution is 2.19. The molecule has 0 bridgehead atoms. The second kappa shape index (κ2) is 7.39. The number of nitrogens with two attached hydrogens (primary N) is 1. The van der Waals surface area contributed by atoms with Gasteiger partial charge in [0.25, 0.3) is 5.91 Å². The Hall–Kier alpha value is -0.900. The van der Waals surface area contributed by atoms with E-state index in [9.17, 15) is 23.4 Å². The molecule has 0 saturated carbocycles. The summed E-state index contributed by atoms with van der Waals surface area (Å²) in [6.07, 6.45) is -1.28. The van der Waals surface area contributed by atoms with E-state index in [1.165, 1.54) is 24.3 Å². The summed E-state index contributed by atoms with van der Waals surface area (Å²) >= 11 is 10.7. The Labute approximate surface area is 131 Å². The van der Waals surface area contributed by atoms with Crippen molar-refractivity contribution in [2.24, 2.45) is 5.14 Å². The number of halogens is 2. The monoisotopic (exact) mass is 356 g/mol. The maximum absolute atomic E-state index is 11.3. The van der Waals surface area contributed by atoms with Crippen LogP contribution in [0.4, 0.5) is 0 Å². The molecule has 0 unspecified atom stereocenters. The van der Waals surface area contributed by atoms with Crippen LogP contribution in [0.5, 0.6) is 0 Å². The second-order valence-electron chi connectivity index (χ2n) is 4.16. The first kappa shape index (κ1) is 18.1. The third-order valence-electron chi connectivity index (χ3n) is 2.65. The summed E-state index contributed by atoms with van der Waals surface area (Å²) in [6.45, 7) is -0.565. The van der Waals surface area contributed by atoms with Crippen molar-refractivity contribution < 1.29 is 23.4 Å². The molecule has 10 heteroatoms. The molecule has 1 amide bonds. The number of nitrogens with one attached hydrogen (secondary N) is 1. The van der Waals surface area contributed by atoms with Gasteiger partial charge in [0.1, 0.15) is 6.10 Å². The van der Waals surface area contributed by atoms with E-state index in [1.54, 1.807) is 0 Å². The summed E-state index contributed by atoms with van der Waals surface area (Å²) in [5.74, 6) is -0.766. The van der Waals surface area contributed by atoms with E-state index in [1.807, 2.05) is 0 Å². The number of aliphatic hydroxyl groups excluding tert-OH is 2. The van der Waals surface area contributed by atoms with Gasteiger partial charge in [0.05, 0.1) is 17.5 Å². The lowest BCUT2D eigenvalue weighted by Gasteiger charge is -2.23.